The molecular weight excluding hydrogens is 209 g/mol. The lowest BCUT2D eigenvalue weighted by Gasteiger charge is -2.35. The number of halogens is 2. The van der Waals surface area contributed by atoms with Crippen molar-refractivity contribution < 1.29 is 5.11 Å². The van der Waals surface area contributed by atoms with E-state index < -0.39 is 5.60 Å². The fourth-order valence-electron chi connectivity index (χ4n) is 1.44. The summed E-state index contributed by atoms with van der Waals surface area (Å²) < 4.78 is 0. The highest BCUT2D eigenvalue weighted by Gasteiger charge is 2.27. The number of nitrogens with zero attached hydrogens (tertiary/aromatic N) is 1. The average Bonchev–Trinajstić information content (AvgIpc) is 2.08. The molecule has 0 aliphatic carbocycles. The number of rotatable bonds is 2. The summed E-state index contributed by atoms with van der Waals surface area (Å²) in [6, 6.07) is 0. The second-order valence-corrected chi connectivity index (χ2v) is 4.53. The second-order valence-electron chi connectivity index (χ2n) is 3.83. The van der Waals surface area contributed by atoms with Crippen LogP contribution in [0.1, 0.15) is 19.8 Å². The maximum Gasteiger partial charge on any atom is 0.0644 e. The van der Waals surface area contributed by atoms with E-state index in [9.17, 15) is 5.11 Å². The van der Waals surface area contributed by atoms with Crippen molar-refractivity contribution in [3.8, 4) is 0 Å². The summed E-state index contributed by atoms with van der Waals surface area (Å²) >= 11 is 11.3. The first kappa shape index (κ1) is 11.3. The predicted octanol–water partition coefficient (Wildman–Crippen LogP) is 2.15. The molecule has 0 spiro atoms. The minimum atomic E-state index is -0.492. The van der Waals surface area contributed by atoms with E-state index in [1.165, 1.54) is 5.54 Å². The molecule has 0 radical (unpaired) electrons. The van der Waals surface area contributed by atoms with Gasteiger partial charge in [0.2, 0.25) is 0 Å². The van der Waals surface area contributed by atoms with Crippen LogP contribution < -0.4 is 0 Å². The van der Waals surface area contributed by atoms with Crippen molar-refractivity contribution in [2.24, 2.45) is 0 Å². The van der Waals surface area contributed by atoms with Crippen LogP contribution in [0.3, 0.4) is 0 Å². The minimum Gasteiger partial charge on any atom is -0.390 e. The number of aliphatic hydroxyl groups is 1. The summed E-state index contributed by atoms with van der Waals surface area (Å²) in [6.45, 7) is 4.34. The van der Waals surface area contributed by atoms with Crippen molar-refractivity contribution in [1.82, 2.24) is 4.90 Å². The summed E-state index contributed by atoms with van der Waals surface area (Å²) in [4.78, 5) is 2.19. The molecule has 0 aromatic heterocycles. The minimum absolute atomic E-state index is 0.492. The highest BCUT2D eigenvalue weighted by atomic mass is 35.5. The summed E-state index contributed by atoms with van der Waals surface area (Å²) in [6.07, 6.45) is 1.61. The zero-order valence-corrected chi connectivity index (χ0v) is 9.28. The molecule has 4 heteroatoms. The van der Waals surface area contributed by atoms with Gasteiger partial charge in [0.25, 0.3) is 0 Å². The average molecular weight is 224 g/mol. The zero-order chi connectivity index (χ0) is 9.90. The van der Waals surface area contributed by atoms with Gasteiger partial charge in [0.1, 0.15) is 0 Å². The number of hydrogen-bond donors (Lipinski definition) is 1. The Kier molecular flexibility index (Phi) is 4.05. The lowest BCUT2D eigenvalue weighted by Crippen LogP contribution is -2.42. The van der Waals surface area contributed by atoms with E-state index in [1.54, 1.807) is 0 Å². The van der Waals surface area contributed by atoms with Crippen molar-refractivity contribution in [2.75, 3.05) is 19.6 Å². The highest BCUT2D eigenvalue weighted by molar-refractivity contribution is 6.36. The molecule has 1 saturated heterocycles. The monoisotopic (exact) mass is 223 g/mol. The SMILES string of the molecule is CC1(O)CCN(CC(Cl)=CCl)CC1. The van der Waals surface area contributed by atoms with Gasteiger partial charge in [-0.25, -0.2) is 0 Å². The molecule has 1 aliphatic rings. The van der Waals surface area contributed by atoms with Crippen LogP contribution in [0.4, 0.5) is 0 Å². The van der Waals surface area contributed by atoms with Gasteiger partial charge in [0.15, 0.2) is 0 Å². The first-order valence-electron chi connectivity index (χ1n) is 4.43. The van der Waals surface area contributed by atoms with Gasteiger partial charge in [0.05, 0.1) is 5.60 Å². The Morgan fingerprint density at radius 2 is 2.08 bits per heavy atom. The van der Waals surface area contributed by atoms with E-state index in [4.69, 9.17) is 23.2 Å². The van der Waals surface area contributed by atoms with Crippen LogP contribution in [0.5, 0.6) is 0 Å². The van der Waals surface area contributed by atoms with Crippen LogP contribution in [0, 0.1) is 0 Å². The van der Waals surface area contributed by atoms with E-state index in [0.29, 0.717) is 11.6 Å². The van der Waals surface area contributed by atoms with E-state index in [2.05, 4.69) is 4.90 Å². The third-order valence-electron chi connectivity index (χ3n) is 2.43. The van der Waals surface area contributed by atoms with Crippen molar-refractivity contribution in [3.05, 3.63) is 10.6 Å². The molecule has 1 rings (SSSR count). The Bertz CT molecular complexity index is 194. The smallest absolute Gasteiger partial charge is 0.0644 e. The van der Waals surface area contributed by atoms with Crippen LogP contribution in [-0.2, 0) is 0 Å². The van der Waals surface area contributed by atoms with Gasteiger partial charge in [0, 0.05) is 30.2 Å². The second kappa shape index (κ2) is 4.65. The lowest BCUT2D eigenvalue weighted by molar-refractivity contribution is -0.00266. The predicted molar refractivity (Wildman–Crippen MR) is 56.1 cm³/mol. The van der Waals surface area contributed by atoms with Crippen molar-refractivity contribution in [3.63, 3.8) is 0 Å². The molecule has 13 heavy (non-hydrogen) atoms. The van der Waals surface area contributed by atoms with Crippen molar-refractivity contribution >= 4 is 23.2 Å². The van der Waals surface area contributed by atoms with Crippen LogP contribution >= 0.6 is 23.2 Å². The third-order valence-corrected chi connectivity index (χ3v) is 3.03. The summed E-state index contributed by atoms with van der Waals surface area (Å²) in [5.74, 6) is 0. The molecule has 0 amide bonds. The molecule has 76 valence electrons. The lowest BCUT2D eigenvalue weighted by atomic mass is 9.94. The van der Waals surface area contributed by atoms with Gasteiger partial charge >= 0.3 is 0 Å². The van der Waals surface area contributed by atoms with Gasteiger partial charge in [-0.1, -0.05) is 23.2 Å². The normalized spacial score (nSPS) is 24.8. The molecule has 0 aromatic carbocycles. The number of hydrogen-bond acceptors (Lipinski definition) is 2. The Balaban J connectivity index is 2.33. The molecule has 0 unspecified atom stereocenters. The van der Waals surface area contributed by atoms with E-state index in [-0.39, 0.29) is 0 Å². The Morgan fingerprint density at radius 3 is 2.54 bits per heavy atom. The zero-order valence-electron chi connectivity index (χ0n) is 7.76. The third kappa shape index (κ3) is 3.86. The van der Waals surface area contributed by atoms with E-state index in [0.717, 1.165) is 25.9 Å². The summed E-state index contributed by atoms with van der Waals surface area (Å²) in [5.41, 5.74) is 0.905. The van der Waals surface area contributed by atoms with E-state index in [1.807, 2.05) is 6.92 Å². The Morgan fingerprint density at radius 1 is 1.54 bits per heavy atom. The molecule has 1 aliphatic heterocycles. The fraction of sp³-hybridized carbons (Fsp3) is 0.778. The first-order valence-corrected chi connectivity index (χ1v) is 5.24. The highest BCUT2D eigenvalue weighted by Crippen LogP contribution is 2.22. The van der Waals surface area contributed by atoms with Gasteiger partial charge in [-0.15, -0.1) is 0 Å². The maximum absolute atomic E-state index is 9.68. The molecule has 2 nitrogen and oxygen atoms in total. The fourth-order valence-corrected chi connectivity index (χ4v) is 1.68. The van der Waals surface area contributed by atoms with Gasteiger partial charge in [-0.3, -0.25) is 4.90 Å². The molecule has 0 atom stereocenters. The van der Waals surface area contributed by atoms with Gasteiger partial charge in [-0.2, -0.15) is 0 Å². The Labute approximate surface area is 89.1 Å². The molecular formula is C9H15Cl2NO. The number of piperidine rings is 1. The molecule has 0 bridgehead atoms. The molecule has 0 aromatic rings. The van der Waals surface area contributed by atoms with Gasteiger partial charge in [-0.05, 0) is 19.8 Å². The maximum atomic E-state index is 9.68. The largest absolute Gasteiger partial charge is 0.390 e. The van der Waals surface area contributed by atoms with Gasteiger partial charge < -0.3 is 5.11 Å². The topological polar surface area (TPSA) is 23.5 Å². The summed E-state index contributed by atoms with van der Waals surface area (Å²) in [7, 11) is 0. The Hall–Kier alpha value is 0.240. The first-order chi connectivity index (χ1) is 6.03. The van der Waals surface area contributed by atoms with Crippen LogP contribution in [0.15, 0.2) is 10.6 Å². The quantitative estimate of drug-likeness (QED) is 0.776. The molecule has 0 saturated carbocycles. The summed E-state index contributed by atoms with van der Waals surface area (Å²) in [5, 5.41) is 10.3. The standard InChI is InChI=1S/C9H15Cl2NO/c1-9(13)2-4-12(5-3-9)7-8(11)6-10/h6,13H,2-5,7H2,1H3. The van der Waals surface area contributed by atoms with Crippen LogP contribution in [0.2, 0.25) is 0 Å². The van der Waals surface area contributed by atoms with Crippen molar-refractivity contribution in [2.45, 2.75) is 25.4 Å². The number of likely N-dealkylation sites (tertiary alicyclic amines) is 1. The van der Waals surface area contributed by atoms with Crippen LogP contribution in [-0.4, -0.2) is 35.2 Å². The van der Waals surface area contributed by atoms with Crippen molar-refractivity contribution in [1.29, 1.82) is 0 Å². The van der Waals surface area contributed by atoms with E-state index >= 15 is 0 Å². The molecule has 1 heterocycles. The molecule has 1 fully saturated rings. The molecule has 1 N–H and O–H groups in total. The van der Waals surface area contributed by atoms with Crippen LogP contribution in [0.25, 0.3) is 0 Å².